The Morgan fingerprint density at radius 2 is 2.09 bits per heavy atom. The number of furan rings is 1. The smallest absolute Gasteiger partial charge is 0.195 e. The van der Waals surface area contributed by atoms with Crippen molar-refractivity contribution in [3.8, 4) is 22.7 Å². The van der Waals surface area contributed by atoms with E-state index >= 15 is 0 Å². The summed E-state index contributed by atoms with van der Waals surface area (Å²) in [6.45, 7) is 0.569. The maximum Gasteiger partial charge on any atom is 0.195 e. The molecular formula is C16H14N4OS. The number of nitrogens with zero attached hydrogens (tertiary/aromatic N) is 3. The molecule has 0 saturated heterocycles. The lowest BCUT2D eigenvalue weighted by molar-refractivity contribution is 0.579. The highest BCUT2D eigenvalue weighted by atomic mass is 32.1. The summed E-state index contributed by atoms with van der Waals surface area (Å²) in [7, 11) is 0. The highest BCUT2D eigenvalue weighted by molar-refractivity contribution is 7.15. The van der Waals surface area contributed by atoms with Crippen molar-refractivity contribution < 1.29 is 4.42 Å². The molecule has 0 saturated carbocycles. The summed E-state index contributed by atoms with van der Waals surface area (Å²) in [5.74, 6) is 0.836. The summed E-state index contributed by atoms with van der Waals surface area (Å²) in [4.78, 5) is 9.81. The fourth-order valence-corrected chi connectivity index (χ4v) is 3.52. The van der Waals surface area contributed by atoms with Crippen LogP contribution in [0.2, 0.25) is 0 Å². The first-order valence-electron chi connectivity index (χ1n) is 7.01. The Hall–Kier alpha value is -2.44. The molecule has 0 amide bonds. The predicted molar refractivity (Wildman–Crippen MR) is 86.8 cm³/mol. The molecule has 0 bridgehead atoms. The van der Waals surface area contributed by atoms with E-state index in [4.69, 9.17) is 15.1 Å². The molecule has 4 aromatic heterocycles. The van der Waals surface area contributed by atoms with E-state index in [1.165, 1.54) is 0 Å². The second-order valence-corrected chi connectivity index (χ2v) is 5.73. The number of hydrogen-bond donors (Lipinski definition) is 1. The van der Waals surface area contributed by atoms with E-state index in [9.17, 15) is 0 Å². The third-order valence-corrected chi connectivity index (χ3v) is 4.39. The van der Waals surface area contributed by atoms with E-state index < -0.39 is 0 Å². The lowest BCUT2D eigenvalue weighted by atomic mass is 10.1. The fraction of sp³-hybridized carbons (Fsp3) is 0.125. The van der Waals surface area contributed by atoms with Gasteiger partial charge in [0.2, 0.25) is 0 Å². The van der Waals surface area contributed by atoms with Gasteiger partial charge in [0.05, 0.1) is 17.7 Å². The number of rotatable bonds is 4. The highest BCUT2D eigenvalue weighted by Gasteiger charge is 2.19. The maximum absolute atomic E-state index is 5.82. The van der Waals surface area contributed by atoms with Crippen LogP contribution in [0.15, 0.2) is 52.7 Å². The van der Waals surface area contributed by atoms with Crippen molar-refractivity contribution in [1.29, 1.82) is 0 Å². The first-order valence-corrected chi connectivity index (χ1v) is 7.89. The van der Waals surface area contributed by atoms with Crippen molar-refractivity contribution in [2.45, 2.75) is 6.42 Å². The summed E-state index contributed by atoms with van der Waals surface area (Å²) >= 11 is 1.60. The Morgan fingerprint density at radius 1 is 1.23 bits per heavy atom. The minimum atomic E-state index is 0.569. The number of pyridine rings is 1. The number of fused-ring (bicyclic) bond motifs is 1. The number of aromatic nitrogens is 3. The molecule has 0 aliphatic rings. The van der Waals surface area contributed by atoms with E-state index in [0.717, 1.165) is 39.8 Å². The summed E-state index contributed by atoms with van der Waals surface area (Å²) < 4.78 is 7.70. The first kappa shape index (κ1) is 13.2. The van der Waals surface area contributed by atoms with Crippen LogP contribution in [0.5, 0.6) is 0 Å². The van der Waals surface area contributed by atoms with Crippen molar-refractivity contribution >= 4 is 16.3 Å². The van der Waals surface area contributed by atoms with Crippen molar-refractivity contribution in [3.05, 3.63) is 54.0 Å². The number of hydrogen-bond acceptors (Lipinski definition) is 5. The van der Waals surface area contributed by atoms with Crippen LogP contribution in [0.25, 0.3) is 27.7 Å². The molecule has 22 heavy (non-hydrogen) atoms. The van der Waals surface area contributed by atoms with Gasteiger partial charge in [-0.3, -0.25) is 9.38 Å². The average Bonchev–Trinajstić information content (AvgIpc) is 3.25. The standard InChI is InChI=1S/C16H14N4OS/c17-6-3-12-15(11-4-7-18-8-5-11)19-16-20(12)13(10-22-16)14-2-1-9-21-14/h1-2,4-5,7-10H,3,6,17H2. The van der Waals surface area contributed by atoms with Gasteiger partial charge < -0.3 is 10.2 Å². The van der Waals surface area contributed by atoms with Crippen molar-refractivity contribution in [1.82, 2.24) is 14.4 Å². The van der Waals surface area contributed by atoms with Crippen LogP contribution in [0.3, 0.4) is 0 Å². The first-order chi connectivity index (χ1) is 10.9. The summed E-state index contributed by atoms with van der Waals surface area (Å²) in [5, 5.41) is 2.07. The summed E-state index contributed by atoms with van der Waals surface area (Å²) in [5.41, 5.74) is 9.97. The topological polar surface area (TPSA) is 69.3 Å². The molecule has 0 atom stereocenters. The fourth-order valence-electron chi connectivity index (χ4n) is 2.62. The number of imidazole rings is 1. The molecule has 0 aromatic carbocycles. The minimum absolute atomic E-state index is 0.569. The Balaban J connectivity index is 1.98. The van der Waals surface area contributed by atoms with Gasteiger partial charge in [0.25, 0.3) is 0 Å². The zero-order valence-electron chi connectivity index (χ0n) is 11.8. The molecule has 0 aliphatic heterocycles. The van der Waals surface area contributed by atoms with Crippen LogP contribution in [-0.2, 0) is 6.42 Å². The van der Waals surface area contributed by atoms with Crippen molar-refractivity contribution in [2.24, 2.45) is 5.73 Å². The van der Waals surface area contributed by atoms with E-state index in [0.29, 0.717) is 6.54 Å². The Labute approximate surface area is 131 Å². The molecule has 0 unspecified atom stereocenters. The molecule has 0 radical (unpaired) electrons. The van der Waals surface area contributed by atoms with Gasteiger partial charge >= 0.3 is 0 Å². The Morgan fingerprint density at radius 3 is 2.82 bits per heavy atom. The monoisotopic (exact) mass is 310 g/mol. The molecule has 4 aromatic rings. The van der Waals surface area contributed by atoms with Crippen LogP contribution < -0.4 is 5.73 Å². The van der Waals surface area contributed by atoms with Gasteiger partial charge in [-0.05, 0) is 30.8 Å². The van der Waals surface area contributed by atoms with Gasteiger partial charge in [0, 0.05) is 29.8 Å². The largest absolute Gasteiger partial charge is 0.463 e. The van der Waals surface area contributed by atoms with Crippen LogP contribution in [0.4, 0.5) is 0 Å². The normalized spacial score (nSPS) is 11.3. The van der Waals surface area contributed by atoms with Crippen molar-refractivity contribution in [3.63, 3.8) is 0 Å². The van der Waals surface area contributed by atoms with Gasteiger partial charge in [-0.1, -0.05) is 0 Å². The van der Waals surface area contributed by atoms with E-state index in [1.54, 1.807) is 30.0 Å². The molecule has 0 aliphatic carbocycles. The minimum Gasteiger partial charge on any atom is -0.463 e. The molecule has 6 heteroatoms. The van der Waals surface area contributed by atoms with Gasteiger partial charge in [0.1, 0.15) is 5.69 Å². The van der Waals surface area contributed by atoms with E-state index in [-0.39, 0.29) is 0 Å². The molecule has 0 fully saturated rings. The van der Waals surface area contributed by atoms with Crippen LogP contribution in [-0.4, -0.2) is 20.9 Å². The van der Waals surface area contributed by atoms with Crippen LogP contribution in [0, 0.1) is 0 Å². The van der Waals surface area contributed by atoms with Gasteiger partial charge in [0.15, 0.2) is 10.7 Å². The maximum atomic E-state index is 5.82. The molecule has 2 N–H and O–H groups in total. The van der Waals surface area contributed by atoms with Crippen molar-refractivity contribution in [2.75, 3.05) is 6.54 Å². The Bertz CT molecular complexity index is 893. The lowest BCUT2D eigenvalue weighted by Gasteiger charge is -2.05. The van der Waals surface area contributed by atoms with Crippen LogP contribution >= 0.6 is 11.3 Å². The molecule has 5 nitrogen and oxygen atoms in total. The predicted octanol–water partition coefficient (Wildman–Crippen LogP) is 3.22. The lowest BCUT2D eigenvalue weighted by Crippen LogP contribution is -2.06. The number of thiazole rings is 1. The second kappa shape index (κ2) is 5.40. The third kappa shape index (κ3) is 2.04. The summed E-state index contributed by atoms with van der Waals surface area (Å²) in [6.07, 6.45) is 6.00. The second-order valence-electron chi connectivity index (χ2n) is 4.90. The highest BCUT2D eigenvalue weighted by Crippen LogP contribution is 2.33. The molecule has 4 heterocycles. The number of nitrogens with two attached hydrogens (primary N) is 1. The zero-order valence-corrected chi connectivity index (χ0v) is 12.6. The van der Waals surface area contributed by atoms with E-state index in [2.05, 4.69) is 14.8 Å². The third-order valence-electron chi connectivity index (χ3n) is 3.57. The molecular weight excluding hydrogens is 296 g/mol. The summed E-state index contributed by atoms with van der Waals surface area (Å²) in [6, 6.07) is 7.79. The van der Waals surface area contributed by atoms with Gasteiger partial charge in [-0.25, -0.2) is 4.98 Å². The molecule has 4 rings (SSSR count). The van der Waals surface area contributed by atoms with E-state index in [1.807, 2.05) is 24.3 Å². The SMILES string of the molecule is NCCc1c(-c2ccncc2)nc2scc(-c3ccco3)n12. The molecule has 0 spiro atoms. The molecule has 110 valence electrons. The van der Waals surface area contributed by atoms with Crippen LogP contribution in [0.1, 0.15) is 5.69 Å². The average molecular weight is 310 g/mol. The van der Waals surface area contributed by atoms with Gasteiger partial charge in [-0.15, -0.1) is 11.3 Å². The zero-order chi connectivity index (χ0) is 14.9. The quantitative estimate of drug-likeness (QED) is 0.628. The Kier molecular flexibility index (Phi) is 3.25. The van der Waals surface area contributed by atoms with Gasteiger partial charge in [-0.2, -0.15) is 0 Å².